The third-order valence-corrected chi connectivity index (χ3v) is 10.7. The number of nitrogens with one attached hydrogen (secondary N) is 1. The summed E-state index contributed by atoms with van der Waals surface area (Å²) < 4.78 is 29.6. The highest BCUT2D eigenvalue weighted by atomic mass is 35.5. The van der Waals surface area contributed by atoms with Crippen LogP contribution in [-0.4, -0.2) is 43.8 Å². The van der Waals surface area contributed by atoms with E-state index in [1.807, 2.05) is 39.8 Å². The van der Waals surface area contributed by atoms with Crippen LogP contribution < -0.4 is 9.62 Å². The van der Waals surface area contributed by atoms with E-state index in [1.165, 1.54) is 4.90 Å². The van der Waals surface area contributed by atoms with Crippen LogP contribution in [0.3, 0.4) is 0 Å². The van der Waals surface area contributed by atoms with E-state index in [2.05, 4.69) is 5.32 Å². The van der Waals surface area contributed by atoms with Crippen LogP contribution >= 0.6 is 23.2 Å². The fourth-order valence-corrected chi connectivity index (χ4v) is 7.64. The number of hydrogen-bond donors (Lipinski definition) is 1. The molecule has 0 radical (unpaired) electrons. The zero-order chi connectivity index (χ0) is 32.0. The van der Waals surface area contributed by atoms with Crippen molar-refractivity contribution in [2.45, 2.75) is 89.7 Å². The van der Waals surface area contributed by atoms with Gasteiger partial charge in [-0.15, -0.1) is 0 Å². The Morgan fingerprint density at radius 1 is 0.909 bits per heavy atom. The Kier molecular flexibility index (Phi) is 11.4. The van der Waals surface area contributed by atoms with Crippen LogP contribution in [0.25, 0.3) is 0 Å². The second kappa shape index (κ2) is 14.8. The molecule has 0 saturated heterocycles. The van der Waals surface area contributed by atoms with Gasteiger partial charge in [-0.25, -0.2) is 8.42 Å². The number of carbonyl (C=O) groups excluding carboxylic acids is 2. The molecular weight excluding hydrogens is 617 g/mol. The highest BCUT2D eigenvalue weighted by Gasteiger charge is 2.35. The highest BCUT2D eigenvalue weighted by molar-refractivity contribution is 7.92. The van der Waals surface area contributed by atoms with Crippen LogP contribution in [0.4, 0.5) is 5.69 Å². The largest absolute Gasteiger partial charge is 0.352 e. The SMILES string of the molecule is CC[C@@H](C(=O)NC1CCCCC1)N(Cc1c(Cl)cccc1Cl)C(=O)CN(c1cc(C)ccc1C)S(=O)(=O)c1ccc(C)cc1. The lowest BCUT2D eigenvalue weighted by Gasteiger charge is -2.35. The Balaban J connectivity index is 1.77. The third kappa shape index (κ3) is 7.95. The van der Waals surface area contributed by atoms with Crippen molar-refractivity contribution < 1.29 is 18.0 Å². The Hall–Kier alpha value is -3.07. The molecule has 0 heterocycles. The summed E-state index contributed by atoms with van der Waals surface area (Å²) in [5, 5.41) is 3.87. The molecule has 1 fully saturated rings. The molecule has 1 aliphatic rings. The maximum Gasteiger partial charge on any atom is 0.264 e. The number of amides is 2. The van der Waals surface area contributed by atoms with E-state index in [4.69, 9.17) is 23.2 Å². The Morgan fingerprint density at radius 3 is 2.14 bits per heavy atom. The summed E-state index contributed by atoms with van der Waals surface area (Å²) in [6.45, 7) is 6.82. The van der Waals surface area contributed by atoms with Crippen molar-refractivity contribution in [2.24, 2.45) is 0 Å². The highest BCUT2D eigenvalue weighted by Crippen LogP contribution is 2.31. The van der Waals surface area contributed by atoms with Gasteiger partial charge in [-0.3, -0.25) is 13.9 Å². The summed E-state index contributed by atoms with van der Waals surface area (Å²) in [6.07, 6.45) is 5.33. The smallest absolute Gasteiger partial charge is 0.264 e. The molecule has 1 aliphatic carbocycles. The quantitative estimate of drug-likeness (QED) is 0.233. The van der Waals surface area contributed by atoms with Crippen LogP contribution in [0, 0.1) is 20.8 Å². The number of anilines is 1. The van der Waals surface area contributed by atoms with Gasteiger partial charge in [-0.05, 0) is 81.5 Å². The minimum absolute atomic E-state index is 0.0412. The molecule has 10 heteroatoms. The van der Waals surface area contributed by atoms with Gasteiger partial charge in [-0.1, -0.05) is 85.3 Å². The summed E-state index contributed by atoms with van der Waals surface area (Å²) in [5.41, 5.74) is 3.35. The maximum atomic E-state index is 14.4. The van der Waals surface area contributed by atoms with E-state index in [1.54, 1.807) is 48.5 Å². The van der Waals surface area contributed by atoms with E-state index in [-0.39, 0.29) is 23.4 Å². The van der Waals surface area contributed by atoms with Gasteiger partial charge in [0, 0.05) is 28.2 Å². The molecule has 44 heavy (non-hydrogen) atoms. The lowest BCUT2D eigenvalue weighted by Crippen LogP contribution is -2.54. The van der Waals surface area contributed by atoms with Crippen molar-refractivity contribution in [3.05, 3.63) is 93.0 Å². The Bertz CT molecular complexity index is 1570. The molecule has 2 amide bonds. The monoisotopic (exact) mass is 657 g/mol. The van der Waals surface area contributed by atoms with Gasteiger partial charge in [0.05, 0.1) is 10.6 Å². The first kappa shape index (κ1) is 33.8. The number of halogens is 2. The number of benzene rings is 3. The molecule has 0 bridgehead atoms. The van der Waals surface area contributed by atoms with Gasteiger partial charge in [0.15, 0.2) is 0 Å². The summed E-state index contributed by atoms with van der Waals surface area (Å²) in [4.78, 5) is 29.7. The van der Waals surface area contributed by atoms with Crippen molar-refractivity contribution in [3.63, 3.8) is 0 Å². The first-order valence-electron chi connectivity index (χ1n) is 15.1. The van der Waals surface area contributed by atoms with Gasteiger partial charge in [0.25, 0.3) is 10.0 Å². The summed E-state index contributed by atoms with van der Waals surface area (Å²) in [6, 6.07) is 16.3. The molecule has 0 spiro atoms. The second-order valence-corrected chi connectivity index (χ2v) is 14.3. The molecule has 0 aliphatic heterocycles. The normalized spacial score (nSPS) is 14.6. The molecule has 3 aromatic carbocycles. The molecule has 236 valence electrons. The van der Waals surface area contributed by atoms with Gasteiger partial charge in [0.2, 0.25) is 11.8 Å². The molecule has 7 nitrogen and oxygen atoms in total. The van der Waals surface area contributed by atoms with Gasteiger partial charge < -0.3 is 10.2 Å². The predicted molar refractivity (Wildman–Crippen MR) is 178 cm³/mol. The van der Waals surface area contributed by atoms with E-state index in [9.17, 15) is 18.0 Å². The molecule has 1 N–H and O–H groups in total. The molecule has 4 rings (SSSR count). The molecule has 1 atom stereocenters. The minimum atomic E-state index is -4.17. The number of rotatable bonds is 11. The average molecular weight is 659 g/mol. The van der Waals surface area contributed by atoms with Gasteiger partial charge in [0.1, 0.15) is 12.6 Å². The van der Waals surface area contributed by atoms with E-state index in [0.29, 0.717) is 33.3 Å². The van der Waals surface area contributed by atoms with Crippen LogP contribution in [-0.2, 0) is 26.2 Å². The Labute approximate surface area is 271 Å². The first-order chi connectivity index (χ1) is 20.9. The van der Waals surface area contributed by atoms with Crippen molar-refractivity contribution in [1.29, 1.82) is 0 Å². The minimum Gasteiger partial charge on any atom is -0.352 e. The van der Waals surface area contributed by atoms with Gasteiger partial charge >= 0.3 is 0 Å². The molecule has 0 unspecified atom stereocenters. The van der Waals surface area contributed by atoms with Crippen molar-refractivity contribution in [3.8, 4) is 0 Å². The first-order valence-corrected chi connectivity index (χ1v) is 17.3. The van der Waals surface area contributed by atoms with Crippen LogP contribution in [0.15, 0.2) is 65.6 Å². The van der Waals surface area contributed by atoms with E-state index < -0.39 is 28.5 Å². The van der Waals surface area contributed by atoms with E-state index in [0.717, 1.165) is 47.5 Å². The number of carbonyl (C=O) groups is 2. The fraction of sp³-hybridized carbons (Fsp3) is 0.412. The predicted octanol–water partition coefficient (Wildman–Crippen LogP) is 7.37. The lowest BCUT2D eigenvalue weighted by atomic mass is 9.95. The van der Waals surface area contributed by atoms with Crippen LogP contribution in [0.1, 0.15) is 67.7 Å². The zero-order valence-corrected chi connectivity index (χ0v) is 28.1. The molecule has 0 aromatic heterocycles. The number of aryl methyl sites for hydroxylation is 3. The lowest BCUT2D eigenvalue weighted by molar-refractivity contribution is -0.140. The van der Waals surface area contributed by atoms with Crippen LogP contribution in [0.2, 0.25) is 10.0 Å². The van der Waals surface area contributed by atoms with Crippen molar-refractivity contribution in [2.75, 3.05) is 10.8 Å². The fourth-order valence-electron chi connectivity index (χ4n) is 5.66. The second-order valence-electron chi connectivity index (χ2n) is 11.6. The van der Waals surface area contributed by atoms with E-state index >= 15 is 0 Å². The molecule has 1 saturated carbocycles. The van der Waals surface area contributed by atoms with Gasteiger partial charge in [-0.2, -0.15) is 0 Å². The van der Waals surface area contributed by atoms with Crippen LogP contribution in [0.5, 0.6) is 0 Å². The number of sulfonamides is 1. The topological polar surface area (TPSA) is 86.8 Å². The number of nitrogens with zero attached hydrogens (tertiary/aromatic N) is 2. The molecule has 3 aromatic rings. The third-order valence-electron chi connectivity index (χ3n) is 8.25. The number of hydrogen-bond acceptors (Lipinski definition) is 4. The standard InChI is InChI=1S/C34H41Cl2N3O4S/c1-5-31(34(41)37-26-10-7-6-8-11-26)38(21-28-29(35)12-9-13-30(28)36)33(40)22-39(32-20-24(3)14-17-25(32)4)44(42,43)27-18-15-23(2)16-19-27/h9,12-20,26,31H,5-8,10-11,21-22H2,1-4H3,(H,37,41)/t31-/m0/s1. The molecular formula is C34H41Cl2N3O4S. The maximum absolute atomic E-state index is 14.4. The average Bonchev–Trinajstić information content (AvgIpc) is 2.99. The summed E-state index contributed by atoms with van der Waals surface area (Å²) >= 11 is 13.1. The Morgan fingerprint density at radius 2 is 1.52 bits per heavy atom. The summed E-state index contributed by atoms with van der Waals surface area (Å²) in [5.74, 6) is -0.807. The van der Waals surface area contributed by atoms with Crippen molar-refractivity contribution >= 4 is 50.7 Å². The van der Waals surface area contributed by atoms with Crippen molar-refractivity contribution in [1.82, 2.24) is 10.2 Å². The zero-order valence-electron chi connectivity index (χ0n) is 25.8. The summed E-state index contributed by atoms with van der Waals surface area (Å²) in [7, 11) is -4.17.